The Hall–Kier alpha value is -2.79. The van der Waals surface area contributed by atoms with E-state index in [9.17, 15) is 14.7 Å². The smallest absolute Gasteiger partial charge is 0.408 e. The van der Waals surface area contributed by atoms with Gasteiger partial charge in [-0.3, -0.25) is 14.6 Å². The Morgan fingerprint density at radius 3 is 2.47 bits per heavy atom. The fraction of sp³-hybridized carbons (Fsp3) is 0.591. The molecule has 2 saturated heterocycles. The van der Waals surface area contributed by atoms with Gasteiger partial charge in [0, 0.05) is 38.6 Å². The number of nitriles is 1. The molecule has 4 rings (SSSR count). The largest absolute Gasteiger partial charge is 0.488 e. The Morgan fingerprint density at radius 1 is 1.07 bits per heavy atom. The van der Waals surface area contributed by atoms with Gasteiger partial charge in [-0.2, -0.15) is 5.26 Å². The van der Waals surface area contributed by atoms with Crippen LogP contribution in [-0.4, -0.2) is 82.7 Å². The summed E-state index contributed by atoms with van der Waals surface area (Å²) in [6, 6.07) is 8.72. The molecular formula is C22H28N4O4. The third-order valence-electron chi connectivity index (χ3n) is 6.51. The molecule has 2 heterocycles. The van der Waals surface area contributed by atoms with Gasteiger partial charge in [-0.05, 0) is 43.5 Å². The van der Waals surface area contributed by atoms with Crippen LogP contribution in [0.3, 0.4) is 0 Å². The summed E-state index contributed by atoms with van der Waals surface area (Å²) in [6.45, 7) is 3.36. The Labute approximate surface area is 176 Å². The lowest BCUT2D eigenvalue weighted by Gasteiger charge is -2.36. The van der Waals surface area contributed by atoms with Crippen molar-refractivity contribution in [2.45, 2.75) is 50.3 Å². The molecule has 0 spiro atoms. The molecule has 8 nitrogen and oxygen atoms in total. The number of nitrogens with zero attached hydrogens (tertiary/aromatic N) is 4. The van der Waals surface area contributed by atoms with Crippen LogP contribution in [0, 0.1) is 11.3 Å². The van der Waals surface area contributed by atoms with E-state index in [1.807, 2.05) is 4.90 Å². The molecule has 1 N–H and O–H groups in total. The van der Waals surface area contributed by atoms with Crippen molar-refractivity contribution in [2.75, 3.05) is 32.7 Å². The molecule has 1 aromatic rings. The Morgan fingerprint density at radius 2 is 1.83 bits per heavy atom. The summed E-state index contributed by atoms with van der Waals surface area (Å²) < 4.78 is 5.92. The molecule has 2 amide bonds. The number of benzene rings is 1. The van der Waals surface area contributed by atoms with Crippen molar-refractivity contribution in [1.82, 2.24) is 14.7 Å². The first-order chi connectivity index (χ1) is 14.5. The molecule has 2 aliphatic heterocycles. The Balaban J connectivity index is 1.39. The molecule has 3 fully saturated rings. The lowest BCUT2D eigenvalue weighted by Crippen LogP contribution is -2.49. The number of carbonyl (C=O) groups excluding carboxylic acids is 1. The number of hydrogen-bond donors (Lipinski definition) is 1. The molecular weight excluding hydrogens is 384 g/mol. The highest BCUT2D eigenvalue weighted by molar-refractivity contribution is 5.86. The van der Waals surface area contributed by atoms with Crippen LogP contribution in [0.2, 0.25) is 0 Å². The Kier molecular flexibility index (Phi) is 6.09. The van der Waals surface area contributed by atoms with Crippen molar-refractivity contribution in [2.24, 2.45) is 0 Å². The minimum atomic E-state index is -1.09. The standard InChI is InChI=1S/C22H28N4O4/c23-14-16-5-7-18(8-6-16)30-19-13-20(26(15-19)22(28)29)21(27)25-10-2-9-24(11-12-25)17-3-1-4-17/h5-8,17,19-20H,1-4,9-13,15H2,(H,28,29)/t19?,20-/m0/s1. The minimum Gasteiger partial charge on any atom is -0.488 e. The predicted molar refractivity (Wildman–Crippen MR) is 109 cm³/mol. The average molecular weight is 412 g/mol. The first kappa shape index (κ1) is 20.5. The van der Waals surface area contributed by atoms with Gasteiger partial charge in [0.15, 0.2) is 0 Å². The van der Waals surface area contributed by atoms with Gasteiger partial charge >= 0.3 is 6.09 Å². The number of hydrogen-bond acceptors (Lipinski definition) is 5. The van der Waals surface area contributed by atoms with E-state index in [-0.39, 0.29) is 18.6 Å². The van der Waals surface area contributed by atoms with Crippen molar-refractivity contribution >= 4 is 12.0 Å². The molecule has 3 aliphatic rings. The maximum Gasteiger partial charge on any atom is 0.408 e. The van der Waals surface area contributed by atoms with Crippen LogP contribution < -0.4 is 4.74 Å². The summed E-state index contributed by atoms with van der Waals surface area (Å²) in [4.78, 5) is 30.5. The summed E-state index contributed by atoms with van der Waals surface area (Å²) in [5.41, 5.74) is 0.533. The summed E-state index contributed by atoms with van der Waals surface area (Å²) in [7, 11) is 0. The summed E-state index contributed by atoms with van der Waals surface area (Å²) in [5.74, 6) is 0.460. The van der Waals surface area contributed by atoms with Gasteiger partial charge in [0.2, 0.25) is 5.91 Å². The quantitative estimate of drug-likeness (QED) is 0.814. The normalized spacial score (nSPS) is 25.3. The molecule has 1 aliphatic carbocycles. The van der Waals surface area contributed by atoms with E-state index in [4.69, 9.17) is 10.00 Å². The van der Waals surface area contributed by atoms with Crippen LogP contribution in [0.25, 0.3) is 0 Å². The van der Waals surface area contributed by atoms with Crippen molar-refractivity contribution in [3.05, 3.63) is 29.8 Å². The molecule has 1 saturated carbocycles. The summed E-state index contributed by atoms with van der Waals surface area (Å²) >= 11 is 0. The van der Waals surface area contributed by atoms with E-state index in [2.05, 4.69) is 11.0 Å². The first-order valence-electron chi connectivity index (χ1n) is 10.7. The number of carbonyl (C=O) groups is 2. The number of amides is 2. The van der Waals surface area contributed by atoms with Crippen molar-refractivity contribution in [3.63, 3.8) is 0 Å². The monoisotopic (exact) mass is 412 g/mol. The first-order valence-corrected chi connectivity index (χ1v) is 10.7. The minimum absolute atomic E-state index is 0.112. The van der Waals surface area contributed by atoms with Crippen LogP contribution in [0.15, 0.2) is 24.3 Å². The van der Waals surface area contributed by atoms with Crippen LogP contribution in [0.5, 0.6) is 5.75 Å². The Bertz CT molecular complexity index is 817. The maximum absolute atomic E-state index is 13.2. The van der Waals surface area contributed by atoms with E-state index in [0.29, 0.717) is 36.9 Å². The lowest BCUT2D eigenvalue weighted by molar-refractivity contribution is -0.135. The van der Waals surface area contributed by atoms with Gasteiger partial charge in [-0.1, -0.05) is 6.42 Å². The molecule has 8 heteroatoms. The molecule has 2 atom stereocenters. The molecule has 160 valence electrons. The number of carboxylic acid groups (broad SMARTS) is 1. The number of ether oxygens (including phenoxy) is 1. The topological polar surface area (TPSA) is 97.1 Å². The van der Waals surface area contributed by atoms with Gasteiger partial charge in [-0.15, -0.1) is 0 Å². The maximum atomic E-state index is 13.2. The SMILES string of the molecule is N#Cc1ccc(OC2C[C@@H](C(=O)N3CCCN(C4CCC4)CC3)N(C(=O)O)C2)cc1. The highest BCUT2D eigenvalue weighted by Gasteiger charge is 2.43. The van der Waals surface area contributed by atoms with Gasteiger partial charge in [-0.25, -0.2) is 4.79 Å². The van der Waals surface area contributed by atoms with Gasteiger partial charge in [0.05, 0.1) is 18.2 Å². The molecule has 1 unspecified atom stereocenters. The predicted octanol–water partition coefficient (Wildman–Crippen LogP) is 2.14. The van der Waals surface area contributed by atoms with Crippen LogP contribution >= 0.6 is 0 Å². The molecule has 0 radical (unpaired) electrons. The van der Waals surface area contributed by atoms with E-state index in [1.165, 1.54) is 24.2 Å². The third kappa shape index (κ3) is 4.36. The zero-order chi connectivity index (χ0) is 21.1. The summed E-state index contributed by atoms with van der Waals surface area (Å²) in [5, 5.41) is 18.6. The van der Waals surface area contributed by atoms with Gasteiger partial charge < -0.3 is 14.7 Å². The van der Waals surface area contributed by atoms with Crippen molar-refractivity contribution in [3.8, 4) is 11.8 Å². The summed E-state index contributed by atoms with van der Waals surface area (Å²) in [6.07, 6.45) is 3.57. The molecule has 0 aromatic heterocycles. The number of likely N-dealkylation sites (tertiary alicyclic amines) is 1. The molecule has 1 aromatic carbocycles. The molecule has 0 bridgehead atoms. The second kappa shape index (κ2) is 8.92. The van der Waals surface area contributed by atoms with E-state index in [1.54, 1.807) is 24.3 Å². The third-order valence-corrected chi connectivity index (χ3v) is 6.51. The second-order valence-electron chi connectivity index (χ2n) is 8.36. The van der Waals surface area contributed by atoms with Gasteiger partial charge in [0.25, 0.3) is 0 Å². The average Bonchev–Trinajstić information content (AvgIpc) is 2.98. The van der Waals surface area contributed by atoms with E-state index >= 15 is 0 Å². The molecule has 30 heavy (non-hydrogen) atoms. The van der Waals surface area contributed by atoms with E-state index in [0.717, 1.165) is 19.5 Å². The zero-order valence-corrected chi connectivity index (χ0v) is 17.1. The fourth-order valence-corrected chi connectivity index (χ4v) is 4.61. The zero-order valence-electron chi connectivity index (χ0n) is 17.1. The lowest BCUT2D eigenvalue weighted by atomic mass is 9.91. The van der Waals surface area contributed by atoms with Crippen LogP contribution in [0.1, 0.15) is 37.7 Å². The van der Waals surface area contributed by atoms with Crippen LogP contribution in [-0.2, 0) is 4.79 Å². The van der Waals surface area contributed by atoms with Crippen molar-refractivity contribution < 1.29 is 19.4 Å². The highest BCUT2D eigenvalue weighted by Crippen LogP contribution is 2.27. The van der Waals surface area contributed by atoms with Crippen molar-refractivity contribution in [1.29, 1.82) is 5.26 Å². The second-order valence-corrected chi connectivity index (χ2v) is 8.36. The van der Waals surface area contributed by atoms with Gasteiger partial charge in [0.1, 0.15) is 17.9 Å². The fourth-order valence-electron chi connectivity index (χ4n) is 4.61. The van der Waals surface area contributed by atoms with Crippen LogP contribution in [0.4, 0.5) is 4.79 Å². The van der Waals surface area contributed by atoms with E-state index < -0.39 is 12.1 Å². The number of rotatable bonds is 4. The highest BCUT2D eigenvalue weighted by atomic mass is 16.5.